The topological polar surface area (TPSA) is 70.5 Å². The van der Waals surface area contributed by atoms with Gasteiger partial charge in [0.1, 0.15) is 18.5 Å². The van der Waals surface area contributed by atoms with Crippen molar-refractivity contribution in [1.29, 1.82) is 0 Å². The standard InChI is InChI=1S/C9H9N3O2/c10-12-11-8-3-1-2-4-9(8)14-6-7-5-13-7/h1-4,7H,5-6H2. The van der Waals surface area contributed by atoms with E-state index in [-0.39, 0.29) is 6.10 Å². The fourth-order valence-electron chi connectivity index (χ4n) is 1.06. The van der Waals surface area contributed by atoms with E-state index in [0.29, 0.717) is 18.0 Å². The lowest BCUT2D eigenvalue weighted by atomic mass is 10.3. The Hall–Kier alpha value is -1.71. The van der Waals surface area contributed by atoms with Gasteiger partial charge in [-0.2, -0.15) is 0 Å². The highest BCUT2D eigenvalue weighted by molar-refractivity contribution is 5.51. The second-order valence-electron chi connectivity index (χ2n) is 2.92. The van der Waals surface area contributed by atoms with Gasteiger partial charge in [-0.3, -0.25) is 0 Å². The number of epoxide rings is 1. The summed E-state index contributed by atoms with van der Waals surface area (Å²) in [5.74, 6) is 0.598. The first kappa shape index (κ1) is 8.87. The van der Waals surface area contributed by atoms with Gasteiger partial charge in [0.15, 0.2) is 0 Å². The number of benzene rings is 1. The third-order valence-electron chi connectivity index (χ3n) is 1.84. The third kappa shape index (κ3) is 2.16. The molecule has 1 unspecified atom stereocenters. The van der Waals surface area contributed by atoms with Crippen molar-refractivity contribution in [3.05, 3.63) is 34.7 Å². The molecule has 0 amide bonds. The maximum atomic E-state index is 8.31. The SMILES string of the molecule is [N-]=[N+]=Nc1ccccc1OCC1CO1. The highest BCUT2D eigenvalue weighted by Crippen LogP contribution is 2.27. The summed E-state index contributed by atoms with van der Waals surface area (Å²) in [6.07, 6.45) is 0.203. The molecule has 1 heterocycles. The number of ether oxygens (including phenoxy) is 2. The van der Waals surface area contributed by atoms with Gasteiger partial charge in [-0.05, 0) is 17.7 Å². The van der Waals surface area contributed by atoms with Gasteiger partial charge in [-0.1, -0.05) is 17.2 Å². The minimum absolute atomic E-state index is 0.203. The zero-order valence-corrected chi connectivity index (χ0v) is 7.46. The largest absolute Gasteiger partial charge is 0.490 e. The molecule has 1 atom stereocenters. The quantitative estimate of drug-likeness (QED) is 0.317. The van der Waals surface area contributed by atoms with Crippen molar-refractivity contribution in [2.75, 3.05) is 13.2 Å². The number of nitrogens with zero attached hydrogens (tertiary/aromatic N) is 3. The van der Waals surface area contributed by atoms with Crippen LogP contribution in [0.25, 0.3) is 10.4 Å². The second-order valence-corrected chi connectivity index (χ2v) is 2.92. The van der Waals surface area contributed by atoms with Gasteiger partial charge < -0.3 is 9.47 Å². The van der Waals surface area contributed by atoms with Crippen LogP contribution < -0.4 is 4.74 Å². The van der Waals surface area contributed by atoms with Crippen molar-refractivity contribution < 1.29 is 9.47 Å². The fraction of sp³-hybridized carbons (Fsp3) is 0.333. The van der Waals surface area contributed by atoms with Gasteiger partial charge in [-0.15, -0.1) is 0 Å². The molecule has 1 aromatic carbocycles. The first-order chi connectivity index (χ1) is 6.90. The van der Waals surface area contributed by atoms with E-state index >= 15 is 0 Å². The van der Waals surface area contributed by atoms with Crippen LogP contribution in [0.1, 0.15) is 0 Å². The molecule has 0 saturated carbocycles. The summed E-state index contributed by atoms with van der Waals surface area (Å²) in [5.41, 5.74) is 8.82. The molecule has 1 aliphatic rings. The van der Waals surface area contributed by atoms with Crippen molar-refractivity contribution in [2.24, 2.45) is 5.11 Å². The van der Waals surface area contributed by atoms with Gasteiger partial charge in [0.2, 0.25) is 0 Å². The molecule has 0 radical (unpaired) electrons. The van der Waals surface area contributed by atoms with Gasteiger partial charge in [-0.25, -0.2) is 0 Å². The molecule has 5 heteroatoms. The predicted molar refractivity (Wildman–Crippen MR) is 50.5 cm³/mol. The summed E-state index contributed by atoms with van der Waals surface area (Å²) < 4.78 is 10.4. The normalized spacial score (nSPS) is 18.4. The Morgan fingerprint density at radius 1 is 1.57 bits per heavy atom. The molecule has 0 spiro atoms. The number of para-hydroxylation sites is 1. The van der Waals surface area contributed by atoms with Crippen LogP contribution >= 0.6 is 0 Å². The molecule has 72 valence electrons. The maximum absolute atomic E-state index is 8.31. The minimum Gasteiger partial charge on any atom is -0.490 e. The lowest BCUT2D eigenvalue weighted by Gasteiger charge is -2.05. The lowest BCUT2D eigenvalue weighted by Crippen LogP contribution is -2.03. The highest BCUT2D eigenvalue weighted by atomic mass is 16.6. The third-order valence-corrected chi connectivity index (χ3v) is 1.84. The average molecular weight is 191 g/mol. The minimum atomic E-state index is 0.203. The van der Waals surface area contributed by atoms with Crippen LogP contribution in [0.2, 0.25) is 0 Å². The lowest BCUT2D eigenvalue weighted by molar-refractivity contribution is 0.264. The molecule has 1 aromatic rings. The monoisotopic (exact) mass is 191 g/mol. The average Bonchev–Trinajstić information content (AvgIpc) is 3.01. The van der Waals surface area contributed by atoms with Crippen LogP contribution in [0.3, 0.4) is 0 Å². The van der Waals surface area contributed by atoms with Gasteiger partial charge in [0.05, 0.1) is 12.3 Å². The Balaban J connectivity index is 2.08. The van der Waals surface area contributed by atoms with Crippen LogP contribution in [-0.4, -0.2) is 19.3 Å². The van der Waals surface area contributed by atoms with Crippen LogP contribution in [0.4, 0.5) is 5.69 Å². The van der Waals surface area contributed by atoms with E-state index in [4.69, 9.17) is 15.0 Å². The van der Waals surface area contributed by atoms with E-state index in [0.717, 1.165) is 6.61 Å². The van der Waals surface area contributed by atoms with E-state index in [1.165, 1.54) is 0 Å². The molecule has 0 bridgehead atoms. The summed E-state index contributed by atoms with van der Waals surface area (Å²) >= 11 is 0. The van der Waals surface area contributed by atoms with E-state index in [2.05, 4.69) is 10.0 Å². The molecule has 14 heavy (non-hydrogen) atoms. The second kappa shape index (κ2) is 4.00. The first-order valence-corrected chi connectivity index (χ1v) is 4.28. The number of rotatable bonds is 4. The summed E-state index contributed by atoms with van der Waals surface area (Å²) in [7, 11) is 0. The van der Waals surface area contributed by atoms with Crippen molar-refractivity contribution in [3.63, 3.8) is 0 Å². The van der Waals surface area contributed by atoms with Crippen molar-refractivity contribution in [2.45, 2.75) is 6.10 Å². The van der Waals surface area contributed by atoms with Gasteiger partial charge in [0.25, 0.3) is 0 Å². The molecule has 1 fully saturated rings. The Morgan fingerprint density at radius 3 is 3.07 bits per heavy atom. The van der Waals surface area contributed by atoms with Gasteiger partial charge in [0, 0.05) is 4.91 Å². The Labute approximate surface area is 80.9 Å². The zero-order chi connectivity index (χ0) is 9.80. The molecule has 5 nitrogen and oxygen atoms in total. The molecular formula is C9H9N3O2. The Bertz CT molecular complexity index is 370. The molecule has 1 saturated heterocycles. The maximum Gasteiger partial charge on any atom is 0.129 e. The summed E-state index contributed by atoms with van der Waals surface area (Å²) in [5, 5.41) is 3.52. The highest BCUT2D eigenvalue weighted by Gasteiger charge is 2.23. The van der Waals surface area contributed by atoms with E-state index < -0.39 is 0 Å². The van der Waals surface area contributed by atoms with Crippen LogP contribution in [0.5, 0.6) is 5.75 Å². The van der Waals surface area contributed by atoms with E-state index in [1.807, 2.05) is 6.07 Å². The number of hydrogen-bond donors (Lipinski definition) is 0. The van der Waals surface area contributed by atoms with Crippen LogP contribution in [-0.2, 0) is 4.74 Å². The smallest absolute Gasteiger partial charge is 0.129 e. The predicted octanol–water partition coefficient (Wildman–Crippen LogP) is 2.41. The van der Waals surface area contributed by atoms with E-state index in [9.17, 15) is 0 Å². The summed E-state index contributed by atoms with van der Waals surface area (Å²) in [6.45, 7) is 1.27. The Kier molecular flexibility index (Phi) is 2.53. The number of azide groups is 1. The molecule has 0 aromatic heterocycles. The number of hydrogen-bond acceptors (Lipinski definition) is 3. The fourth-order valence-corrected chi connectivity index (χ4v) is 1.06. The molecule has 0 aliphatic carbocycles. The molecule has 2 rings (SSSR count). The first-order valence-electron chi connectivity index (χ1n) is 4.28. The molecular weight excluding hydrogens is 182 g/mol. The van der Waals surface area contributed by atoms with Crippen molar-refractivity contribution in [1.82, 2.24) is 0 Å². The van der Waals surface area contributed by atoms with Crippen LogP contribution in [0.15, 0.2) is 29.4 Å². The summed E-state index contributed by atoms with van der Waals surface area (Å²) in [6, 6.07) is 7.11. The van der Waals surface area contributed by atoms with Crippen molar-refractivity contribution in [3.8, 4) is 5.75 Å². The Morgan fingerprint density at radius 2 is 2.36 bits per heavy atom. The summed E-state index contributed by atoms with van der Waals surface area (Å²) in [4.78, 5) is 2.72. The molecule has 1 aliphatic heterocycles. The van der Waals surface area contributed by atoms with E-state index in [1.54, 1.807) is 18.2 Å². The van der Waals surface area contributed by atoms with Crippen LogP contribution in [0, 0.1) is 0 Å². The van der Waals surface area contributed by atoms with Crippen molar-refractivity contribution >= 4 is 5.69 Å². The zero-order valence-electron chi connectivity index (χ0n) is 7.46. The molecule has 0 N–H and O–H groups in total. The van der Waals surface area contributed by atoms with Gasteiger partial charge >= 0.3 is 0 Å².